The van der Waals surface area contributed by atoms with Crippen LogP contribution in [0, 0.1) is 11.3 Å². The van der Waals surface area contributed by atoms with Crippen molar-refractivity contribution in [2.75, 3.05) is 13.1 Å². The zero-order valence-electron chi connectivity index (χ0n) is 15.6. The molecule has 140 valence electrons. The molecule has 1 saturated heterocycles. The number of carbonyl (C=O) groups is 1. The number of likely N-dealkylation sites (tertiary alicyclic amines) is 1. The van der Waals surface area contributed by atoms with E-state index < -0.39 is 0 Å². The highest BCUT2D eigenvalue weighted by molar-refractivity contribution is 5.92. The number of aromatic nitrogens is 4. The van der Waals surface area contributed by atoms with Crippen molar-refractivity contribution in [3.63, 3.8) is 0 Å². The molecule has 0 N–H and O–H groups in total. The molecule has 2 fully saturated rings. The van der Waals surface area contributed by atoms with Gasteiger partial charge in [0, 0.05) is 25.6 Å². The van der Waals surface area contributed by atoms with Crippen molar-refractivity contribution in [1.29, 1.82) is 0 Å². The number of oxazole rings is 1. The lowest BCUT2D eigenvalue weighted by Crippen LogP contribution is -2.34. The molecule has 1 amide bonds. The first-order chi connectivity index (χ1) is 12.6. The number of amides is 1. The van der Waals surface area contributed by atoms with Crippen molar-refractivity contribution >= 4 is 5.91 Å². The van der Waals surface area contributed by atoms with Gasteiger partial charge in [-0.15, -0.1) is 10.2 Å². The standard InChI is InChI=1S/C19H27N5O2/c1-14(2)8-24-12-21-22-17(24)15-9-23(18(25)16-10-26-13-20-16)11-19(15)6-4-3-5-7-19/h10,12-15H,3-9,11H2,1-2H3. The van der Waals surface area contributed by atoms with Gasteiger partial charge in [-0.2, -0.15) is 0 Å². The topological polar surface area (TPSA) is 77.0 Å². The van der Waals surface area contributed by atoms with E-state index >= 15 is 0 Å². The van der Waals surface area contributed by atoms with Gasteiger partial charge in [-0.25, -0.2) is 4.98 Å². The SMILES string of the molecule is CC(C)Cn1cnnc1C1CN(C(=O)c2cocn2)CC12CCCCC2. The van der Waals surface area contributed by atoms with E-state index in [-0.39, 0.29) is 17.2 Å². The van der Waals surface area contributed by atoms with E-state index in [2.05, 4.69) is 33.6 Å². The molecule has 2 aliphatic rings. The molecule has 3 heterocycles. The summed E-state index contributed by atoms with van der Waals surface area (Å²) in [4.78, 5) is 18.9. The van der Waals surface area contributed by atoms with Crippen LogP contribution in [0.4, 0.5) is 0 Å². The van der Waals surface area contributed by atoms with Crippen LogP contribution in [0.25, 0.3) is 0 Å². The van der Waals surface area contributed by atoms with Crippen LogP contribution in [0.1, 0.15) is 68.2 Å². The highest BCUT2D eigenvalue weighted by Crippen LogP contribution is 2.51. The molecule has 7 heteroatoms. The normalized spacial score (nSPS) is 22.4. The highest BCUT2D eigenvalue weighted by Gasteiger charge is 2.50. The third-order valence-corrected chi connectivity index (χ3v) is 5.95. The van der Waals surface area contributed by atoms with Crippen molar-refractivity contribution in [3.05, 3.63) is 30.5 Å². The van der Waals surface area contributed by atoms with Gasteiger partial charge in [0.15, 0.2) is 12.1 Å². The van der Waals surface area contributed by atoms with Crippen LogP contribution in [-0.4, -0.2) is 43.6 Å². The molecule has 1 saturated carbocycles. The Labute approximate surface area is 153 Å². The average molecular weight is 357 g/mol. The van der Waals surface area contributed by atoms with Crippen molar-refractivity contribution in [2.24, 2.45) is 11.3 Å². The largest absolute Gasteiger partial charge is 0.451 e. The predicted molar refractivity (Wildman–Crippen MR) is 95.5 cm³/mol. The Bertz CT molecular complexity index is 746. The molecule has 1 aliphatic carbocycles. The second-order valence-electron chi connectivity index (χ2n) is 8.27. The second-order valence-corrected chi connectivity index (χ2v) is 8.27. The zero-order valence-corrected chi connectivity index (χ0v) is 15.6. The van der Waals surface area contributed by atoms with Gasteiger partial charge in [0.2, 0.25) is 0 Å². The summed E-state index contributed by atoms with van der Waals surface area (Å²) in [5.41, 5.74) is 0.500. The van der Waals surface area contributed by atoms with Crippen molar-refractivity contribution < 1.29 is 9.21 Å². The lowest BCUT2D eigenvalue weighted by atomic mass is 9.67. The zero-order chi connectivity index (χ0) is 18.1. The van der Waals surface area contributed by atoms with Gasteiger partial charge >= 0.3 is 0 Å². The molecular formula is C19H27N5O2. The van der Waals surface area contributed by atoms with Crippen LogP contribution in [0.3, 0.4) is 0 Å². The molecule has 2 aromatic heterocycles. The lowest BCUT2D eigenvalue weighted by molar-refractivity contribution is 0.0752. The molecule has 1 aliphatic heterocycles. The number of nitrogens with zero attached hydrogens (tertiary/aromatic N) is 5. The molecule has 1 spiro atoms. The maximum atomic E-state index is 12.9. The van der Waals surface area contributed by atoms with E-state index in [0.717, 1.165) is 31.8 Å². The van der Waals surface area contributed by atoms with Crippen LogP contribution in [-0.2, 0) is 6.54 Å². The Morgan fingerprint density at radius 3 is 2.85 bits per heavy atom. The van der Waals surface area contributed by atoms with Crippen molar-refractivity contribution in [1.82, 2.24) is 24.6 Å². The van der Waals surface area contributed by atoms with E-state index in [4.69, 9.17) is 4.42 Å². The number of carbonyl (C=O) groups excluding carboxylic acids is 1. The van der Waals surface area contributed by atoms with E-state index in [1.54, 1.807) is 0 Å². The summed E-state index contributed by atoms with van der Waals surface area (Å²) >= 11 is 0. The molecule has 0 radical (unpaired) electrons. The smallest absolute Gasteiger partial charge is 0.275 e. The Morgan fingerprint density at radius 2 is 2.15 bits per heavy atom. The molecule has 1 unspecified atom stereocenters. The number of hydrogen-bond acceptors (Lipinski definition) is 5. The lowest BCUT2D eigenvalue weighted by Gasteiger charge is -2.37. The Kier molecular flexibility index (Phi) is 4.54. The summed E-state index contributed by atoms with van der Waals surface area (Å²) in [5.74, 6) is 1.76. The quantitative estimate of drug-likeness (QED) is 0.840. The number of rotatable bonds is 4. The Morgan fingerprint density at radius 1 is 1.35 bits per heavy atom. The van der Waals surface area contributed by atoms with Crippen LogP contribution < -0.4 is 0 Å². The average Bonchev–Trinajstić information content (AvgIpc) is 3.35. The summed E-state index contributed by atoms with van der Waals surface area (Å²) in [6.07, 6.45) is 10.6. The van der Waals surface area contributed by atoms with Crippen LogP contribution in [0.2, 0.25) is 0 Å². The first-order valence-corrected chi connectivity index (χ1v) is 9.64. The minimum absolute atomic E-state index is 0.0406. The molecule has 1 atom stereocenters. The van der Waals surface area contributed by atoms with Gasteiger partial charge < -0.3 is 13.9 Å². The summed E-state index contributed by atoms with van der Waals surface area (Å²) in [7, 11) is 0. The Hall–Kier alpha value is -2.18. The molecule has 0 aromatic carbocycles. The van der Waals surface area contributed by atoms with Crippen LogP contribution in [0.15, 0.2) is 23.4 Å². The summed E-state index contributed by atoms with van der Waals surface area (Å²) < 4.78 is 7.20. The summed E-state index contributed by atoms with van der Waals surface area (Å²) in [6, 6.07) is 0. The third kappa shape index (κ3) is 3.04. The van der Waals surface area contributed by atoms with Crippen molar-refractivity contribution in [2.45, 2.75) is 58.4 Å². The predicted octanol–water partition coefficient (Wildman–Crippen LogP) is 3.11. The van der Waals surface area contributed by atoms with Crippen LogP contribution >= 0.6 is 0 Å². The van der Waals surface area contributed by atoms with Gasteiger partial charge in [-0.3, -0.25) is 4.79 Å². The number of hydrogen-bond donors (Lipinski definition) is 0. The van der Waals surface area contributed by atoms with Gasteiger partial charge in [-0.1, -0.05) is 33.1 Å². The van der Waals surface area contributed by atoms with E-state index in [1.165, 1.54) is 31.9 Å². The van der Waals surface area contributed by atoms with E-state index in [1.807, 2.05) is 11.2 Å². The summed E-state index contributed by atoms with van der Waals surface area (Å²) in [6.45, 7) is 6.77. The molecular weight excluding hydrogens is 330 g/mol. The minimum Gasteiger partial charge on any atom is -0.451 e. The first kappa shape index (κ1) is 17.2. The second kappa shape index (κ2) is 6.85. The maximum Gasteiger partial charge on any atom is 0.275 e. The highest BCUT2D eigenvalue weighted by atomic mass is 16.3. The third-order valence-electron chi connectivity index (χ3n) is 5.95. The van der Waals surface area contributed by atoms with Crippen LogP contribution in [0.5, 0.6) is 0 Å². The van der Waals surface area contributed by atoms with Crippen molar-refractivity contribution in [3.8, 4) is 0 Å². The molecule has 4 rings (SSSR count). The molecule has 7 nitrogen and oxygen atoms in total. The van der Waals surface area contributed by atoms with E-state index in [0.29, 0.717) is 18.2 Å². The molecule has 26 heavy (non-hydrogen) atoms. The summed E-state index contributed by atoms with van der Waals surface area (Å²) in [5, 5.41) is 8.70. The minimum atomic E-state index is -0.0406. The first-order valence-electron chi connectivity index (χ1n) is 9.64. The van der Waals surface area contributed by atoms with Gasteiger partial charge in [0.1, 0.15) is 18.4 Å². The van der Waals surface area contributed by atoms with Gasteiger partial charge in [0.05, 0.1) is 0 Å². The fourth-order valence-electron chi connectivity index (χ4n) is 4.79. The maximum absolute atomic E-state index is 12.9. The molecule has 0 bridgehead atoms. The fraction of sp³-hybridized carbons (Fsp3) is 0.684. The monoisotopic (exact) mass is 357 g/mol. The van der Waals surface area contributed by atoms with E-state index in [9.17, 15) is 4.79 Å². The molecule has 2 aromatic rings. The van der Waals surface area contributed by atoms with Gasteiger partial charge in [-0.05, 0) is 24.2 Å². The van der Waals surface area contributed by atoms with Gasteiger partial charge in [0.25, 0.3) is 5.91 Å². The fourth-order valence-corrected chi connectivity index (χ4v) is 4.79. The Balaban J connectivity index is 1.65.